The molecule has 2 amide bonds. The maximum atomic E-state index is 11.9. The van der Waals surface area contributed by atoms with Gasteiger partial charge < -0.3 is 20.4 Å². The number of benzene rings is 1. The first-order valence-electron chi connectivity index (χ1n) is 6.32. The summed E-state index contributed by atoms with van der Waals surface area (Å²) in [7, 11) is 1.68. The maximum Gasteiger partial charge on any atom is 0.287 e. The van der Waals surface area contributed by atoms with E-state index in [4.69, 9.17) is 10.2 Å². The first-order valence-corrected chi connectivity index (χ1v) is 6.32. The quantitative estimate of drug-likeness (QED) is 0.821. The highest BCUT2D eigenvalue weighted by Crippen LogP contribution is 2.21. The number of fused-ring (bicyclic) bond motifs is 1. The Hall–Kier alpha value is -2.50. The summed E-state index contributed by atoms with van der Waals surface area (Å²) in [6.45, 7) is 2.41. The number of rotatable bonds is 4. The molecule has 106 valence electrons. The molecule has 0 radical (unpaired) electrons. The average molecular weight is 275 g/mol. The van der Waals surface area contributed by atoms with Crippen LogP contribution in [-0.2, 0) is 4.79 Å². The number of hydrogen-bond donors (Lipinski definition) is 2. The molecule has 3 N–H and O–H groups in total. The lowest BCUT2D eigenvalue weighted by atomic mass is 10.2. The zero-order valence-electron chi connectivity index (χ0n) is 11.5. The van der Waals surface area contributed by atoms with Gasteiger partial charge in [-0.05, 0) is 31.2 Å². The number of carbonyl (C=O) groups excluding carboxylic acids is 2. The van der Waals surface area contributed by atoms with Crippen LogP contribution in [0.15, 0.2) is 28.7 Å². The van der Waals surface area contributed by atoms with Crippen molar-refractivity contribution in [2.75, 3.05) is 25.9 Å². The smallest absolute Gasteiger partial charge is 0.287 e. The minimum atomic E-state index is -0.419. The van der Waals surface area contributed by atoms with Crippen LogP contribution in [0.25, 0.3) is 11.0 Å². The van der Waals surface area contributed by atoms with Crippen LogP contribution in [0, 0.1) is 0 Å². The van der Waals surface area contributed by atoms with Gasteiger partial charge in [0.1, 0.15) is 5.58 Å². The SMILES string of the molecule is CCN(C)C(=O)CNC(=O)c1cc2cc(N)ccc2o1. The largest absolute Gasteiger partial charge is 0.451 e. The molecule has 0 fully saturated rings. The molecule has 1 aromatic carbocycles. The van der Waals surface area contributed by atoms with E-state index in [0.29, 0.717) is 17.8 Å². The normalized spacial score (nSPS) is 10.5. The number of nitrogens with two attached hydrogens (primary N) is 1. The lowest BCUT2D eigenvalue weighted by molar-refractivity contribution is -0.128. The molecule has 1 aromatic heterocycles. The predicted octanol–water partition coefficient (Wildman–Crippen LogP) is 1.22. The van der Waals surface area contributed by atoms with Crippen molar-refractivity contribution in [2.24, 2.45) is 0 Å². The summed E-state index contributed by atoms with van der Waals surface area (Å²) in [5.41, 5.74) is 6.85. The van der Waals surface area contributed by atoms with Gasteiger partial charge in [0.2, 0.25) is 5.91 Å². The Bertz CT molecular complexity index is 648. The molecule has 0 spiro atoms. The summed E-state index contributed by atoms with van der Waals surface area (Å²) in [6.07, 6.45) is 0. The molecular formula is C14H17N3O3. The van der Waals surface area contributed by atoms with Crippen LogP contribution in [0.3, 0.4) is 0 Å². The minimum absolute atomic E-state index is 0.0532. The van der Waals surface area contributed by atoms with E-state index in [1.807, 2.05) is 6.92 Å². The molecule has 0 saturated carbocycles. The molecule has 0 aliphatic heterocycles. The maximum absolute atomic E-state index is 11.9. The number of nitrogen functional groups attached to an aromatic ring is 1. The lowest BCUT2D eigenvalue weighted by Crippen LogP contribution is -2.37. The summed E-state index contributed by atoms with van der Waals surface area (Å²) < 4.78 is 5.41. The Labute approximate surface area is 116 Å². The lowest BCUT2D eigenvalue weighted by Gasteiger charge is -2.14. The highest BCUT2D eigenvalue weighted by molar-refractivity contribution is 5.98. The number of amides is 2. The Morgan fingerprint density at radius 2 is 2.10 bits per heavy atom. The molecule has 2 aromatic rings. The number of nitrogens with zero attached hydrogens (tertiary/aromatic N) is 1. The number of anilines is 1. The van der Waals surface area contributed by atoms with Crippen molar-refractivity contribution in [3.8, 4) is 0 Å². The molecule has 0 unspecified atom stereocenters. The van der Waals surface area contributed by atoms with Gasteiger partial charge in [-0.25, -0.2) is 0 Å². The van der Waals surface area contributed by atoms with Crippen LogP contribution >= 0.6 is 0 Å². The fourth-order valence-electron chi connectivity index (χ4n) is 1.73. The second kappa shape index (κ2) is 5.64. The summed E-state index contributed by atoms with van der Waals surface area (Å²) in [4.78, 5) is 25.0. The van der Waals surface area contributed by atoms with E-state index in [0.717, 1.165) is 5.39 Å². The molecule has 6 nitrogen and oxygen atoms in total. The Morgan fingerprint density at radius 1 is 1.35 bits per heavy atom. The van der Waals surface area contributed by atoms with Gasteiger partial charge in [0.15, 0.2) is 5.76 Å². The van der Waals surface area contributed by atoms with Gasteiger partial charge >= 0.3 is 0 Å². The van der Waals surface area contributed by atoms with Gasteiger partial charge in [-0.15, -0.1) is 0 Å². The van der Waals surface area contributed by atoms with Crippen molar-refractivity contribution >= 4 is 28.5 Å². The van der Waals surface area contributed by atoms with Crippen LogP contribution in [0.4, 0.5) is 5.69 Å². The summed E-state index contributed by atoms with van der Waals surface area (Å²) >= 11 is 0. The number of furan rings is 1. The molecule has 0 atom stereocenters. The number of carbonyl (C=O) groups is 2. The number of likely N-dealkylation sites (N-methyl/N-ethyl adjacent to an activating group) is 1. The summed E-state index contributed by atoms with van der Waals surface area (Å²) in [5, 5.41) is 3.29. The average Bonchev–Trinajstić information content (AvgIpc) is 2.86. The third-order valence-corrected chi connectivity index (χ3v) is 3.06. The summed E-state index contributed by atoms with van der Waals surface area (Å²) in [5.74, 6) is -0.406. The Balaban J connectivity index is 2.06. The van der Waals surface area contributed by atoms with Crippen molar-refractivity contribution in [1.29, 1.82) is 0 Å². The van der Waals surface area contributed by atoms with Crippen LogP contribution < -0.4 is 11.1 Å². The molecule has 0 bridgehead atoms. The Kier molecular flexibility index (Phi) is 3.93. The number of nitrogens with one attached hydrogen (secondary N) is 1. The zero-order chi connectivity index (χ0) is 14.7. The zero-order valence-corrected chi connectivity index (χ0v) is 11.5. The standard InChI is InChI=1S/C14H17N3O3/c1-3-17(2)13(18)8-16-14(19)12-7-9-6-10(15)4-5-11(9)20-12/h4-7H,3,8,15H2,1-2H3,(H,16,19). The van der Waals surface area contributed by atoms with E-state index in [9.17, 15) is 9.59 Å². The molecular weight excluding hydrogens is 258 g/mol. The third kappa shape index (κ3) is 2.90. The van der Waals surface area contributed by atoms with Crippen molar-refractivity contribution < 1.29 is 14.0 Å². The van der Waals surface area contributed by atoms with Crippen molar-refractivity contribution in [3.63, 3.8) is 0 Å². The van der Waals surface area contributed by atoms with Crippen LogP contribution in [0.2, 0.25) is 0 Å². The highest BCUT2D eigenvalue weighted by Gasteiger charge is 2.14. The van der Waals surface area contributed by atoms with E-state index in [1.54, 1.807) is 31.3 Å². The molecule has 0 aliphatic rings. The van der Waals surface area contributed by atoms with E-state index >= 15 is 0 Å². The second-order valence-corrected chi connectivity index (χ2v) is 4.50. The molecule has 20 heavy (non-hydrogen) atoms. The van der Waals surface area contributed by atoms with E-state index < -0.39 is 5.91 Å². The fraction of sp³-hybridized carbons (Fsp3) is 0.286. The Morgan fingerprint density at radius 3 is 2.80 bits per heavy atom. The molecule has 6 heteroatoms. The van der Waals surface area contributed by atoms with Gasteiger partial charge in [0.05, 0.1) is 6.54 Å². The van der Waals surface area contributed by atoms with Crippen molar-refractivity contribution in [2.45, 2.75) is 6.92 Å². The number of hydrogen-bond acceptors (Lipinski definition) is 4. The minimum Gasteiger partial charge on any atom is -0.451 e. The van der Waals surface area contributed by atoms with Crippen molar-refractivity contribution in [3.05, 3.63) is 30.0 Å². The van der Waals surface area contributed by atoms with Crippen LogP contribution in [-0.4, -0.2) is 36.9 Å². The highest BCUT2D eigenvalue weighted by atomic mass is 16.3. The third-order valence-electron chi connectivity index (χ3n) is 3.06. The summed E-state index contributed by atoms with van der Waals surface area (Å²) in [6, 6.07) is 6.74. The van der Waals surface area contributed by atoms with E-state index in [-0.39, 0.29) is 18.2 Å². The van der Waals surface area contributed by atoms with Crippen LogP contribution in [0.1, 0.15) is 17.5 Å². The van der Waals surface area contributed by atoms with Crippen molar-refractivity contribution in [1.82, 2.24) is 10.2 Å². The first kappa shape index (κ1) is 13.9. The molecule has 0 saturated heterocycles. The van der Waals surface area contributed by atoms with Gasteiger partial charge in [0.25, 0.3) is 5.91 Å². The monoisotopic (exact) mass is 275 g/mol. The van der Waals surface area contributed by atoms with E-state index in [1.165, 1.54) is 4.90 Å². The van der Waals surface area contributed by atoms with Gasteiger partial charge in [0, 0.05) is 24.7 Å². The van der Waals surface area contributed by atoms with Gasteiger partial charge in [-0.2, -0.15) is 0 Å². The predicted molar refractivity (Wildman–Crippen MR) is 76.3 cm³/mol. The first-order chi connectivity index (χ1) is 9.51. The van der Waals surface area contributed by atoms with Gasteiger partial charge in [-0.1, -0.05) is 0 Å². The second-order valence-electron chi connectivity index (χ2n) is 4.50. The fourth-order valence-corrected chi connectivity index (χ4v) is 1.73. The molecule has 1 heterocycles. The van der Waals surface area contributed by atoms with E-state index in [2.05, 4.69) is 5.32 Å². The molecule has 0 aliphatic carbocycles. The van der Waals surface area contributed by atoms with Gasteiger partial charge in [-0.3, -0.25) is 9.59 Å². The topological polar surface area (TPSA) is 88.6 Å². The van der Waals surface area contributed by atoms with Crippen LogP contribution in [0.5, 0.6) is 0 Å². The molecule has 2 rings (SSSR count).